The zero-order valence-electron chi connectivity index (χ0n) is 12.1. The lowest BCUT2D eigenvalue weighted by atomic mass is 10.3. The third-order valence-corrected chi connectivity index (χ3v) is 3.67. The first kappa shape index (κ1) is 16.2. The molecule has 0 unspecified atom stereocenters. The summed E-state index contributed by atoms with van der Waals surface area (Å²) in [5, 5.41) is 10.8. The molecule has 1 N–H and O–H groups in total. The van der Waals surface area contributed by atoms with Gasteiger partial charge in [0.1, 0.15) is 6.61 Å². The van der Waals surface area contributed by atoms with Gasteiger partial charge in [0.15, 0.2) is 0 Å². The number of thiophene rings is 1. The Morgan fingerprint density at radius 2 is 2.05 bits per heavy atom. The molecule has 0 aromatic carbocycles. The lowest BCUT2D eigenvalue weighted by Crippen LogP contribution is -2.31. The number of hydrogen-bond acceptors (Lipinski definition) is 4. The van der Waals surface area contributed by atoms with Crippen molar-refractivity contribution in [2.75, 3.05) is 40.3 Å². The molecule has 0 saturated heterocycles. The summed E-state index contributed by atoms with van der Waals surface area (Å²) >= 11 is 1.75. The van der Waals surface area contributed by atoms with Crippen LogP contribution >= 0.6 is 11.3 Å². The number of hydrogen-bond donors (Lipinski definition) is 1. The summed E-state index contributed by atoms with van der Waals surface area (Å²) in [4.78, 5) is 6.04. The third kappa shape index (κ3) is 6.74. The smallest absolute Gasteiger partial charge is 0.104 e. The molecule has 106 valence electrons. The van der Waals surface area contributed by atoms with E-state index in [0.29, 0.717) is 0 Å². The van der Waals surface area contributed by atoms with Gasteiger partial charge in [0.25, 0.3) is 0 Å². The predicted octanol–water partition coefficient (Wildman–Crippen LogP) is 1.87. The maximum absolute atomic E-state index is 8.69. The van der Waals surface area contributed by atoms with Crippen LogP contribution in [-0.2, 0) is 6.54 Å². The van der Waals surface area contributed by atoms with E-state index in [1.54, 1.807) is 11.3 Å². The van der Waals surface area contributed by atoms with Crippen LogP contribution in [0, 0.1) is 11.8 Å². The molecule has 1 aromatic heterocycles. The van der Waals surface area contributed by atoms with Crippen molar-refractivity contribution in [3.8, 4) is 11.8 Å². The van der Waals surface area contributed by atoms with Crippen LogP contribution in [0.1, 0.15) is 23.8 Å². The van der Waals surface area contributed by atoms with Crippen LogP contribution in [0.4, 0.5) is 0 Å². The van der Waals surface area contributed by atoms with Crippen molar-refractivity contribution in [1.82, 2.24) is 9.80 Å². The zero-order valence-corrected chi connectivity index (χ0v) is 13.0. The summed E-state index contributed by atoms with van der Waals surface area (Å²) in [6.45, 7) is 6.45. The van der Waals surface area contributed by atoms with Crippen molar-refractivity contribution in [2.24, 2.45) is 0 Å². The SMILES string of the molecule is CCCN(CCN(C)C)Cc1cc(C#CCO)cs1. The summed E-state index contributed by atoms with van der Waals surface area (Å²) in [6.07, 6.45) is 1.18. The van der Waals surface area contributed by atoms with Gasteiger partial charge in [0, 0.05) is 35.5 Å². The maximum Gasteiger partial charge on any atom is 0.104 e. The lowest BCUT2D eigenvalue weighted by Gasteiger charge is -2.22. The van der Waals surface area contributed by atoms with E-state index in [2.05, 4.69) is 54.1 Å². The molecule has 0 aliphatic heterocycles. The summed E-state index contributed by atoms with van der Waals surface area (Å²) in [5.74, 6) is 5.64. The molecule has 0 amide bonds. The minimum absolute atomic E-state index is 0.0734. The Bertz CT molecular complexity index is 417. The molecule has 3 nitrogen and oxygen atoms in total. The minimum Gasteiger partial charge on any atom is -0.384 e. The Morgan fingerprint density at radius 1 is 1.26 bits per heavy atom. The molecule has 0 atom stereocenters. The van der Waals surface area contributed by atoms with E-state index in [1.165, 1.54) is 11.3 Å². The molecule has 0 spiro atoms. The quantitative estimate of drug-likeness (QED) is 0.772. The van der Waals surface area contributed by atoms with Gasteiger partial charge in [0.2, 0.25) is 0 Å². The van der Waals surface area contributed by atoms with E-state index in [-0.39, 0.29) is 6.61 Å². The standard InChI is InChI=1S/C15H24N2OS/c1-4-7-17(9-8-16(2)3)12-15-11-14(13-19-15)6-5-10-18/h11,13,18H,4,7-10,12H2,1-3H3. The van der Waals surface area contributed by atoms with E-state index < -0.39 is 0 Å². The fraction of sp³-hybridized carbons (Fsp3) is 0.600. The predicted molar refractivity (Wildman–Crippen MR) is 82.4 cm³/mol. The van der Waals surface area contributed by atoms with E-state index >= 15 is 0 Å². The molecular weight excluding hydrogens is 256 g/mol. The van der Waals surface area contributed by atoms with Gasteiger partial charge in [-0.3, -0.25) is 4.90 Å². The van der Waals surface area contributed by atoms with E-state index in [1.807, 2.05) is 0 Å². The van der Waals surface area contributed by atoms with Crippen molar-refractivity contribution >= 4 is 11.3 Å². The highest BCUT2D eigenvalue weighted by atomic mass is 32.1. The van der Waals surface area contributed by atoms with Crippen molar-refractivity contribution in [1.29, 1.82) is 0 Å². The molecule has 1 aromatic rings. The summed E-state index contributed by atoms with van der Waals surface area (Å²) < 4.78 is 0. The number of aliphatic hydroxyl groups excluding tert-OH is 1. The number of likely N-dealkylation sites (N-methyl/N-ethyl adjacent to an activating group) is 1. The van der Waals surface area contributed by atoms with Crippen LogP contribution < -0.4 is 0 Å². The van der Waals surface area contributed by atoms with Crippen molar-refractivity contribution in [3.05, 3.63) is 21.9 Å². The van der Waals surface area contributed by atoms with Crippen molar-refractivity contribution in [2.45, 2.75) is 19.9 Å². The molecule has 0 aliphatic rings. The van der Waals surface area contributed by atoms with Gasteiger partial charge in [-0.15, -0.1) is 11.3 Å². The van der Waals surface area contributed by atoms with Crippen LogP contribution in [0.2, 0.25) is 0 Å². The fourth-order valence-electron chi connectivity index (χ4n) is 1.82. The monoisotopic (exact) mass is 280 g/mol. The average Bonchev–Trinajstić information content (AvgIpc) is 2.81. The van der Waals surface area contributed by atoms with Crippen molar-refractivity contribution < 1.29 is 5.11 Å². The Hall–Kier alpha value is -0.860. The lowest BCUT2D eigenvalue weighted by molar-refractivity contribution is 0.235. The minimum atomic E-state index is -0.0734. The number of aliphatic hydroxyl groups is 1. The highest BCUT2D eigenvalue weighted by Gasteiger charge is 2.07. The second kappa shape index (κ2) is 9.11. The highest BCUT2D eigenvalue weighted by molar-refractivity contribution is 7.10. The largest absolute Gasteiger partial charge is 0.384 e. The third-order valence-electron chi connectivity index (χ3n) is 2.75. The molecular formula is C15H24N2OS. The maximum atomic E-state index is 8.69. The van der Waals surface area contributed by atoms with Gasteiger partial charge in [-0.2, -0.15) is 0 Å². The summed E-state index contributed by atoms with van der Waals surface area (Å²) in [5.41, 5.74) is 1.01. The molecule has 0 radical (unpaired) electrons. The highest BCUT2D eigenvalue weighted by Crippen LogP contribution is 2.16. The molecule has 0 aliphatic carbocycles. The Kier molecular flexibility index (Phi) is 7.76. The Morgan fingerprint density at radius 3 is 2.68 bits per heavy atom. The number of nitrogens with zero attached hydrogens (tertiary/aromatic N) is 2. The molecule has 19 heavy (non-hydrogen) atoms. The molecule has 4 heteroatoms. The van der Waals surface area contributed by atoms with E-state index in [9.17, 15) is 0 Å². The first-order valence-corrected chi connectivity index (χ1v) is 7.58. The molecule has 0 bridgehead atoms. The fourth-order valence-corrected chi connectivity index (χ4v) is 2.68. The first-order valence-electron chi connectivity index (χ1n) is 6.70. The Labute approximate surface area is 120 Å². The van der Waals surface area contributed by atoms with Crippen molar-refractivity contribution in [3.63, 3.8) is 0 Å². The van der Waals surface area contributed by atoms with E-state index in [0.717, 1.165) is 31.7 Å². The van der Waals surface area contributed by atoms with Gasteiger partial charge in [-0.1, -0.05) is 18.8 Å². The van der Waals surface area contributed by atoms with Crippen LogP contribution in [0.25, 0.3) is 0 Å². The summed E-state index contributed by atoms with van der Waals surface area (Å²) in [7, 11) is 4.22. The normalized spacial score (nSPS) is 10.8. The van der Waals surface area contributed by atoms with Gasteiger partial charge in [-0.05, 0) is 33.1 Å². The van der Waals surface area contributed by atoms with Gasteiger partial charge >= 0.3 is 0 Å². The average molecular weight is 280 g/mol. The zero-order chi connectivity index (χ0) is 14.1. The molecule has 1 heterocycles. The van der Waals surface area contributed by atoms with Crippen LogP contribution in [0.15, 0.2) is 11.4 Å². The Balaban J connectivity index is 2.55. The van der Waals surface area contributed by atoms with E-state index in [4.69, 9.17) is 5.11 Å². The molecule has 0 fully saturated rings. The first-order chi connectivity index (χ1) is 9.15. The van der Waals surface area contributed by atoms with Crippen LogP contribution in [-0.4, -0.2) is 55.2 Å². The van der Waals surface area contributed by atoms with Crippen LogP contribution in [0.3, 0.4) is 0 Å². The van der Waals surface area contributed by atoms with Crippen LogP contribution in [0.5, 0.6) is 0 Å². The topological polar surface area (TPSA) is 26.7 Å². The van der Waals surface area contributed by atoms with Gasteiger partial charge in [0.05, 0.1) is 0 Å². The molecule has 1 rings (SSSR count). The second-order valence-corrected chi connectivity index (χ2v) is 5.84. The van der Waals surface area contributed by atoms with Gasteiger partial charge in [-0.25, -0.2) is 0 Å². The second-order valence-electron chi connectivity index (χ2n) is 4.84. The number of rotatable bonds is 7. The summed E-state index contributed by atoms with van der Waals surface area (Å²) in [6, 6.07) is 2.13. The molecule has 0 saturated carbocycles. The van der Waals surface area contributed by atoms with Gasteiger partial charge < -0.3 is 10.0 Å².